The smallest absolute Gasteiger partial charge is 0.105 e. The molecule has 2 aromatic carbocycles. The predicted molar refractivity (Wildman–Crippen MR) is 111 cm³/mol. The van der Waals surface area contributed by atoms with E-state index < -0.39 is 0 Å². The highest BCUT2D eigenvalue weighted by Crippen LogP contribution is 2.36. The molecule has 1 aliphatic rings. The summed E-state index contributed by atoms with van der Waals surface area (Å²) in [6.07, 6.45) is 2.56. The highest BCUT2D eigenvalue weighted by molar-refractivity contribution is 8.00. The lowest BCUT2D eigenvalue weighted by Gasteiger charge is -2.29. The number of para-hydroxylation sites is 1. The molecule has 1 saturated heterocycles. The Morgan fingerprint density at radius 1 is 1.04 bits per heavy atom. The van der Waals surface area contributed by atoms with Crippen molar-refractivity contribution >= 4 is 35.1 Å². The van der Waals surface area contributed by atoms with E-state index in [9.17, 15) is 0 Å². The first-order valence-corrected chi connectivity index (χ1v) is 9.48. The second-order valence-corrected chi connectivity index (χ2v) is 7.83. The average Bonchev–Trinajstić information content (AvgIpc) is 2.62. The molecule has 1 atom stereocenters. The van der Waals surface area contributed by atoms with Crippen LogP contribution < -0.4 is 0 Å². The highest BCUT2D eigenvalue weighted by atomic mass is 35.5. The van der Waals surface area contributed by atoms with Crippen molar-refractivity contribution in [2.45, 2.75) is 23.1 Å². The third kappa shape index (κ3) is 4.17. The molecule has 1 aliphatic heterocycles. The molecule has 2 nitrogen and oxygen atoms in total. The van der Waals surface area contributed by atoms with E-state index in [4.69, 9.17) is 4.98 Å². The molecular weight excluding hydrogens is 348 g/mol. The maximum Gasteiger partial charge on any atom is 0.105 e. The standard InChI is InChI=1S/C21H22N2S.ClH/c1-23-13-7-11-18(15-23)24-21-19(16-8-3-2-4-9-16)14-17-10-5-6-12-20(17)22-21;/h2-6,8-10,12,14,18H,7,11,13,15H2,1H3;1H. The van der Waals surface area contributed by atoms with Gasteiger partial charge in [0.2, 0.25) is 0 Å². The van der Waals surface area contributed by atoms with Crippen molar-refractivity contribution in [3.63, 3.8) is 0 Å². The highest BCUT2D eigenvalue weighted by Gasteiger charge is 2.21. The molecule has 3 aromatic rings. The van der Waals surface area contributed by atoms with Crippen LogP contribution in [0, 0.1) is 0 Å². The number of likely N-dealkylation sites (tertiary alicyclic amines) is 1. The number of nitrogens with zero attached hydrogens (tertiary/aromatic N) is 2. The lowest BCUT2D eigenvalue weighted by atomic mass is 10.1. The van der Waals surface area contributed by atoms with E-state index in [0.29, 0.717) is 5.25 Å². The van der Waals surface area contributed by atoms with Crippen LogP contribution in [0.25, 0.3) is 22.0 Å². The monoisotopic (exact) mass is 370 g/mol. The Labute approximate surface area is 160 Å². The van der Waals surface area contributed by atoms with Crippen LogP contribution in [0.5, 0.6) is 0 Å². The Morgan fingerprint density at radius 2 is 1.80 bits per heavy atom. The molecule has 2 heterocycles. The molecule has 0 amide bonds. The quantitative estimate of drug-likeness (QED) is 0.604. The number of piperidine rings is 1. The second kappa shape index (κ2) is 8.22. The van der Waals surface area contributed by atoms with Gasteiger partial charge in [0.15, 0.2) is 0 Å². The number of rotatable bonds is 3. The number of hydrogen-bond acceptors (Lipinski definition) is 3. The normalized spacial score (nSPS) is 18.0. The van der Waals surface area contributed by atoms with Gasteiger partial charge in [-0.2, -0.15) is 0 Å². The number of hydrogen-bond donors (Lipinski definition) is 0. The molecule has 0 N–H and O–H groups in total. The summed E-state index contributed by atoms with van der Waals surface area (Å²) in [6.45, 7) is 2.36. The van der Waals surface area contributed by atoms with Crippen LogP contribution >= 0.6 is 24.2 Å². The summed E-state index contributed by atoms with van der Waals surface area (Å²) in [6, 6.07) is 21.4. The van der Waals surface area contributed by atoms with Gasteiger partial charge >= 0.3 is 0 Å². The van der Waals surface area contributed by atoms with E-state index in [-0.39, 0.29) is 12.4 Å². The summed E-state index contributed by atoms with van der Waals surface area (Å²) in [5, 5.41) is 3.00. The lowest BCUT2D eigenvalue weighted by Crippen LogP contribution is -2.33. The lowest BCUT2D eigenvalue weighted by molar-refractivity contribution is 0.283. The summed E-state index contributed by atoms with van der Waals surface area (Å²) in [5.41, 5.74) is 3.60. The molecule has 1 fully saturated rings. The van der Waals surface area contributed by atoms with Crippen LogP contribution in [0.4, 0.5) is 0 Å². The molecule has 0 radical (unpaired) electrons. The topological polar surface area (TPSA) is 16.1 Å². The minimum atomic E-state index is 0. The second-order valence-electron chi connectivity index (χ2n) is 6.54. The van der Waals surface area contributed by atoms with Crippen LogP contribution in [-0.2, 0) is 0 Å². The van der Waals surface area contributed by atoms with Gasteiger partial charge in [-0.3, -0.25) is 0 Å². The maximum atomic E-state index is 5.02. The van der Waals surface area contributed by atoms with E-state index in [1.165, 1.54) is 40.9 Å². The zero-order valence-corrected chi connectivity index (χ0v) is 16.0. The fraction of sp³-hybridized carbons (Fsp3) is 0.286. The third-order valence-electron chi connectivity index (χ3n) is 4.63. The van der Waals surface area contributed by atoms with Gasteiger partial charge in [-0.15, -0.1) is 24.2 Å². The van der Waals surface area contributed by atoms with Crippen molar-refractivity contribution in [1.82, 2.24) is 9.88 Å². The summed E-state index contributed by atoms with van der Waals surface area (Å²) in [5.74, 6) is 0. The number of halogens is 1. The first kappa shape index (κ1) is 18.2. The summed E-state index contributed by atoms with van der Waals surface area (Å²) in [7, 11) is 2.22. The van der Waals surface area contributed by atoms with Gasteiger partial charge in [0, 0.05) is 22.7 Å². The minimum Gasteiger partial charge on any atom is -0.305 e. The minimum absolute atomic E-state index is 0. The fourth-order valence-electron chi connectivity index (χ4n) is 3.39. The molecule has 4 rings (SSSR count). The maximum absolute atomic E-state index is 5.02. The SMILES string of the molecule is CN1CCCC(Sc2nc3ccccc3cc2-c2ccccc2)C1.Cl. The zero-order chi connectivity index (χ0) is 16.4. The van der Waals surface area contributed by atoms with Crippen molar-refractivity contribution in [2.24, 2.45) is 0 Å². The van der Waals surface area contributed by atoms with Crippen LogP contribution in [0.2, 0.25) is 0 Å². The molecular formula is C21H23ClN2S. The molecule has 0 bridgehead atoms. The van der Waals surface area contributed by atoms with Crippen molar-refractivity contribution < 1.29 is 0 Å². The number of benzene rings is 2. The first-order valence-electron chi connectivity index (χ1n) is 8.60. The van der Waals surface area contributed by atoms with Crippen LogP contribution in [0.1, 0.15) is 12.8 Å². The van der Waals surface area contributed by atoms with Crippen LogP contribution in [0.15, 0.2) is 65.7 Å². The van der Waals surface area contributed by atoms with Crippen molar-refractivity contribution in [3.05, 3.63) is 60.7 Å². The van der Waals surface area contributed by atoms with Gasteiger partial charge < -0.3 is 4.90 Å². The zero-order valence-electron chi connectivity index (χ0n) is 14.4. The number of thioether (sulfide) groups is 1. The van der Waals surface area contributed by atoms with E-state index >= 15 is 0 Å². The molecule has 0 spiro atoms. The Bertz CT molecular complexity index is 838. The first-order chi connectivity index (χ1) is 11.8. The predicted octanol–water partition coefficient (Wildman–Crippen LogP) is 5.51. The van der Waals surface area contributed by atoms with Crippen molar-refractivity contribution in [2.75, 3.05) is 20.1 Å². The molecule has 4 heteroatoms. The molecule has 0 aliphatic carbocycles. The molecule has 130 valence electrons. The van der Waals surface area contributed by atoms with E-state index in [2.05, 4.69) is 72.6 Å². The van der Waals surface area contributed by atoms with Gasteiger partial charge in [-0.1, -0.05) is 48.5 Å². The van der Waals surface area contributed by atoms with Gasteiger partial charge in [0.1, 0.15) is 5.03 Å². The van der Waals surface area contributed by atoms with Crippen LogP contribution in [-0.4, -0.2) is 35.3 Å². The van der Waals surface area contributed by atoms with Crippen molar-refractivity contribution in [1.29, 1.82) is 0 Å². The summed E-state index contributed by atoms with van der Waals surface area (Å²) in [4.78, 5) is 7.45. The Kier molecular flexibility index (Phi) is 6.00. The summed E-state index contributed by atoms with van der Waals surface area (Å²) < 4.78 is 0. The van der Waals surface area contributed by atoms with Gasteiger partial charge in [-0.25, -0.2) is 4.98 Å². The average molecular weight is 371 g/mol. The molecule has 25 heavy (non-hydrogen) atoms. The number of pyridine rings is 1. The molecule has 0 saturated carbocycles. The van der Waals surface area contributed by atoms with E-state index in [0.717, 1.165) is 12.1 Å². The Balaban J connectivity index is 0.00000182. The molecule has 1 aromatic heterocycles. The van der Waals surface area contributed by atoms with Crippen molar-refractivity contribution in [3.8, 4) is 11.1 Å². The Morgan fingerprint density at radius 3 is 2.60 bits per heavy atom. The fourth-order valence-corrected chi connectivity index (χ4v) is 4.77. The van der Waals surface area contributed by atoms with Gasteiger partial charge in [0.25, 0.3) is 0 Å². The largest absolute Gasteiger partial charge is 0.305 e. The van der Waals surface area contributed by atoms with E-state index in [1.54, 1.807) is 0 Å². The van der Waals surface area contributed by atoms with Gasteiger partial charge in [-0.05, 0) is 44.1 Å². The number of aromatic nitrogens is 1. The number of fused-ring (bicyclic) bond motifs is 1. The summed E-state index contributed by atoms with van der Waals surface area (Å²) >= 11 is 1.95. The van der Waals surface area contributed by atoms with Crippen LogP contribution in [0.3, 0.4) is 0 Å². The van der Waals surface area contributed by atoms with E-state index in [1.807, 2.05) is 11.8 Å². The molecule has 1 unspecified atom stereocenters. The third-order valence-corrected chi connectivity index (χ3v) is 5.89. The van der Waals surface area contributed by atoms with Gasteiger partial charge in [0.05, 0.1) is 5.52 Å². The Hall–Kier alpha value is -1.55.